The number of nitrogens with zero attached hydrogens (tertiary/aromatic N) is 1. The lowest BCUT2D eigenvalue weighted by Gasteiger charge is -2.37. The van der Waals surface area contributed by atoms with Gasteiger partial charge in [0.1, 0.15) is 0 Å². The lowest BCUT2D eigenvalue weighted by Crippen LogP contribution is -2.32. The first kappa shape index (κ1) is 11.6. The maximum absolute atomic E-state index is 10.6. The van der Waals surface area contributed by atoms with E-state index in [9.17, 15) is 9.90 Å². The SMILES string of the molecule is O=C=NC1(c2cccc(CC3(O)CC3)c2)CCC1. The Morgan fingerprint density at radius 3 is 2.61 bits per heavy atom. The van der Waals surface area contributed by atoms with Gasteiger partial charge in [-0.2, -0.15) is 4.99 Å². The first-order valence-electron chi connectivity index (χ1n) is 6.57. The standard InChI is InChI=1S/C15H17NO2/c17-11-16-15(5-2-6-15)13-4-1-3-12(9-13)10-14(18)7-8-14/h1,3-4,9,18H,2,5-8,10H2. The van der Waals surface area contributed by atoms with Crippen molar-refractivity contribution in [1.82, 2.24) is 0 Å². The quantitative estimate of drug-likeness (QED) is 0.652. The van der Waals surface area contributed by atoms with Crippen LogP contribution in [0, 0.1) is 0 Å². The summed E-state index contributed by atoms with van der Waals surface area (Å²) in [7, 11) is 0. The number of hydrogen-bond acceptors (Lipinski definition) is 3. The highest BCUT2D eigenvalue weighted by Crippen LogP contribution is 2.45. The molecule has 0 aliphatic heterocycles. The predicted octanol–water partition coefficient (Wildman–Crippen LogP) is 2.47. The molecule has 94 valence electrons. The fraction of sp³-hybridized carbons (Fsp3) is 0.533. The van der Waals surface area contributed by atoms with Gasteiger partial charge in [-0.1, -0.05) is 24.3 Å². The van der Waals surface area contributed by atoms with E-state index < -0.39 is 5.60 Å². The second-order valence-electron chi connectivity index (χ2n) is 5.69. The predicted molar refractivity (Wildman–Crippen MR) is 68.0 cm³/mol. The molecule has 2 fully saturated rings. The van der Waals surface area contributed by atoms with Crippen LogP contribution in [0.3, 0.4) is 0 Å². The lowest BCUT2D eigenvalue weighted by atomic mass is 9.72. The van der Waals surface area contributed by atoms with Crippen molar-refractivity contribution in [2.24, 2.45) is 4.99 Å². The molecule has 2 aliphatic rings. The molecule has 2 aliphatic carbocycles. The van der Waals surface area contributed by atoms with E-state index in [4.69, 9.17) is 0 Å². The average molecular weight is 243 g/mol. The van der Waals surface area contributed by atoms with Crippen LogP contribution in [0.4, 0.5) is 0 Å². The Morgan fingerprint density at radius 1 is 1.28 bits per heavy atom. The summed E-state index contributed by atoms with van der Waals surface area (Å²) in [6, 6.07) is 8.16. The Morgan fingerprint density at radius 2 is 2.06 bits per heavy atom. The molecule has 3 nitrogen and oxygen atoms in total. The first-order valence-corrected chi connectivity index (χ1v) is 6.57. The van der Waals surface area contributed by atoms with Crippen LogP contribution in [0.15, 0.2) is 29.3 Å². The summed E-state index contributed by atoms with van der Waals surface area (Å²) in [6.07, 6.45) is 7.18. The molecule has 18 heavy (non-hydrogen) atoms. The van der Waals surface area contributed by atoms with Gasteiger partial charge in [0, 0.05) is 6.42 Å². The zero-order valence-corrected chi connectivity index (χ0v) is 10.4. The third-order valence-corrected chi connectivity index (χ3v) is 4.27. The maximum atomic E-state index is 10.6. The highest BCUT2D eigenvalue weighted by molar-refractivity contribution is 5.40. The summed E-state index contributed by atoms with van der Waals surface area (Å²) < 4.78 is 0. The monoisotopic (exact) mass is 243 g/mol. The zero-order valence-electron chi connectivity index (χ0n) is 10.4. The molecule has 1 aromatic carbocycles. The maximum Gasteiger partial charge on any atom is 0.235 e. The van der Waals surface area contributed by atoms with Gasteiger partial charge < -0.3 is 5.11 Å². The highest BCUT2D eigenvalue weighted by Gasteiger charge is 2.41. The molecule has 0 heterocycles. The first-order chi connectivity index (χ1) is 8.66. The summed E-state index contributed by atoms with van der Waals surface area (Å²) in [5, 5.41) is 9.96. The minimum atomic E-state index is -0.473. The third-order valence-electron chi connectivity index (χ3n) is 4.27. The van der Waals surface area contributed by atoms with Gasteiger partial charge in [0.05, 0.1) is 11.1 Å². The fourth-order valence-electron chi connectivity index (χ4n) is 2.74. The normalized spacial score (nSPS) is 22.7. The minimum absolute atomic E-state index is 0.329. The molecule has 0 spiro atoms. The smallest absolute Gasteiger partial charge is 0.235 e. The van der Waals surface area contributed by atoms with E-state index >= 15 is 0 Å². The molecule has 0 amide bonds. The number of rotatable bonds is 4. The van der Waals surface area contributed by atoms with Crippen molar-refractivity contribution >= 4 is 6.08 Å². The van der Waals surface area contributed by atoms with Crippen LogP contribution in [-0.2, 0) is 16.8 Å². The number of aliphatic imine (C=N–C) groups is 1. The number of isocyanates is 1. The Labute approximate surface area is 107 Å². The summed E-state index contributed by atoms with van der Waals surface area (Å²) in [4.78, 5) is 14.6. The molecule has 0 atom stereocenters. The van der Waals surface area contributed by atoms with Gasteiger partial charge in [0.25, 0.3) is 0 Å². The van der Waals surface area contributed by atoms with Crippen molar-refractivity contribution in [2.75, 3.05) is 0 Å². The fourth-order valence-corrected chi connectivity index (χ4v) is 2.74. The van der Waals surface area contributed by atoms with E-state index in [1.807, 2.05) is 18.2 Å². The van der Waals surface area contributed by atoms with Crippen LogP contribution in [0.1, 0.15) is 43.2 Å². The minimum Gasteiger partial charge on any atom is -0.390 e. The highest BCUT2D eigenvalue weighted by atomic mass is 16.3. The van der Waals surface area contributed by atoms with Crippen molar-refractivity contribution < 1.29 is 9.90 Å². The van der Waals surface area contributed by atoms with E-state index in [1.165, 1.54) is 0 Å². The van der Waals surface area contributed by atoms with Crippen LogP contribution < -0.4 is 0 Å². The Bertz CT molecular complexity index is 509. The van der Waals surface area contributed by atoms with Crippen LogP contribution in [0.5, 0.6) is 0 Å². The van der Waals surface area contributed by atoms with Gasteiger partial charge in [0.2, 0.25) is 6.08 Å². The van der Waals surface area contributed by atoms with E-state index in [0.717, 1.165) is 43.2 Å². The Kier molecular flexibility index (Phi) is 2.61. The number of aliphatic hydroxyl groups is 1. The molecule has 0 bridgehead atoms. The largest absolute Gasteiger partial charge is 0.390 e. The van der Waals surface area contributed by atoms with Crippen molar-refractivity contribution in [3.05, 3.63) is 35.4 Å². The summed E-state index contributed by atoms with van der Waals surface area (Å²) >= 11 is 0. The molecule has 3 heteroatoms. The van der Waals surface area contributed by atoms with Gasteiger partial charge in [-0.3, -0.25) is 0 Å². The van der Waals surface area contributed by atoms with Gasteiger partial charge >= 0.3 is 0 Å². The number of benzene rings is 1. The van der Waals surface area contributed by atoms with Crippen LogP contribution in [-0.4, -0.2) is 16.8 Å². The number of hydrogen-bond donors (Lipinski definition) is 1. The summed E-state index contributed by atoms with van der Waals surface area (Å²) in [5.74, 6) is 0. The molecule has 2 saturated carbocycles. The van der Waals surface area contributed by atoms with Crippen molar-refractivity contribution in [1.29, 1.82) is 0 Å². The molecule has 0 radical (unpaired) electrons. The van der Waals surface area contributed by atoms with E-state index in [0.29, 0.717) is 6.42 Å². The van der Waals surface area contributed by atoms with Crippen molar-refractivity contribution in [3.63, 3.8) is 0 Å². The lowest BCUT2D eigenvalue weighted by molar-refractivity contribution is 0.151. The van der Waals surface area contributed by atoms with Crippen LogP contribution in [0.25, 0.3) is 0 Å². The van der Waals surface area contributed by atoms with E-state index in [-0.39, 0.29) is 5.54 Å². The molecule has 1 N–H and O–H groups in total. The Balaban J connectivity index is 1.88. The Hall–Kier alpha value is -1.44. The molecule has 0 unspecified atom stereocenters. The van der Waals surface area contributed by atoms with E-state index in [2.05, 4.69) is 11.1 Å². The molecule has 0 saturated heterocycles. The van der Waals surface area contributed by atoms with Crippen LogP contribution in [0.2, 0.25) is 0 Å². The summed E-state index contributed by atoms with van der Waals surface area (Å²) in [6.45, 7) is 0. The van der Waals surface area contributed by atoms with Gasteiger partial charge in [-0.25, -0.2) is 4.79 Å². The number of carbonyl (C=O) groups excluding carboxylic acids is 1. The zero-order chi connectivity index (χ0) is 12.6. The molecule has 1 aromatic rings. The topological polar surface area (TPSA) is 49.7 Å². The molecule has 0 aromatic heterocycles. The second kappa shape index (κ2) is 4.04. The molecular formula is C15H17NO2. The third kappa shape index (κ3) is 2.00. The summed E-state index contributed by atoms with van der Waals surface area (Å²) in [5.41, 5.74) is 1.43. The average Bonchev–Trinajstić information content (AvgIpc) is 3.01. The van der Waals surface area contributed by atoms with Gasteiger partial charge in [-0.15, -0.1) is 0 Å². The van der Waals surface area contributed by atoms with Gasteiger partial charge in [0.15, 0.2) is 0 Å². The van der Waals surface area contributed by atoms with Gasteiger partial charge in [-0.05, 0) is 43.2 Å². The van der Waals surface area contributed by atoms with E-state index in [1.54, 1.807) is 6.08 Å². The molecular weight excluding hydrogens is 226 g/mol. The van der Waals surface area contributed by atoms with Crippen molar-refractivity contribution in [3.8, 4) is 0 Å². The molecule has 3 rings (SSSR count). The van der Waals surface area contributed by atoms with Crippen LogP contribution >= 0.6 is 0 Å². The van der Waals surface area contributed by atoms with Crippen molar-refractivity contribution in [2.45, 2.75) is 49.7 Å². The second-order valence-corrected chi connectivity index (χ2v) is 5.69.